The third-order valence-electron chi connectivity index (χ3n) is 3.89. The molecule has 140 valence electrons. The molecular weight excluding hydrogens is 410 g/mol. The molecule has 1 amide bonds. The van der Waals surface area contributed by atoms with Crippen LogP contribution in [0.5, 0.6) is 5.75 Å². The van der Waals surface area contributed by atoms with Crippen LogP contribution in [0.4, 0.5) is 4.39 Å². The Morgan fingerprint density at radius 1 is 1.30 bits per heavy atom. The fraction of sp³-hybridized carbons (Fsp3) is 0.158. The number of nitrogens with zero attached hydrogens (tertiary/aromatic N) is 2. The van der Waals surface area contributed by atoms with Gasteiger partial charge >= 0.3 is 0 Å². The Bertz CT molecular complexity index is 942. The summed E-state index contributed by atoms with van der Waals surface area (Å²) in [4.78, 5) is 18.4. The van der Waals surface area contributed by atoms with Crippen molar-refractivity contribution in [3.63, 3.8) is 0 Å². The van der Waals surface area contributed by atoms with Crippen LogP contribution in [0.3, 0.4) is 0 Å². The number of ether oxygens (including phenoxy) is 1. The second-order valence-corrected chi connectivity index (χ2v) is 7.50. The molecule has 1 aliphatic heterocycles. The summed E-state index contributed by atoms with van der Waals surface area (Å²) in [5, 5.41) is 1.39. The van der Waals surface area contributed by atoms with Crippen molar-refractivity contribution in [3.05, 3.63) is 68.3 Å². The lowest BCUT2D eigenvalue weighted by Gasteiger charge is -2.12. The highest BCUT2D eigenvalue weighted by Crippen LogP contribution is 2.34. The highest BCUT2D eigenvalue weighted by molar-refractivity contribution is 8.18. The monoisotopic (exact) mass is 424 g/mol. The van der Waals surface area contributed by atoms with Gasteiger partial charge in [0.2, 0.25) is 0 Å². The smallest absolute Gasteiger partial charge is 0.266 e. The van der Waals surface area contributed by atoms with E-state index in [1.165, 1.54) is 28.8 Å². The molecule has 2 aromatic carbocycles. The number of benzene rings is 2. The van der Waals surface area contributed by atoms with E-state index in [1.54, 1.807) is 44.4 Å². The molecule has 4 nitrogen and oxygen atoms in total. The third-order valence-corrected chi connectivity index (χ3v) is 5.63. The number of likely N-dealkylation sites (N-methyl/N-ethyl adjacent to an activating group) is 1. The summed E-state index contributed by atoms with van der Waals surface area (Å²) < 4.78 is 19.7. The topological polar surface area (TPSA) is 41.9 Å². The Morgan fingerprint density at radius 2 is 2.07 bits per heavy atom. The molecule has 1 fully saturated rings. The molecule has 0 radical (unpaired) electrons. The molecule has 3 rings (SSSR count). The second-order valence-electron chi connectivity index (χ2n) is 5.65. The van der Waals surface area contributed by atoms with Crippen molar-refractivity contribution in [2.24, 2.45) is 4.99 Å². The van der Waals surface area contributed by atoms with Crippen LogP contribution in [0.15, 0.2) is 46.3 Å². The summed E-state index contributed by atoms with van der Waals surface area (Å²) >= 11 is 13.4. The van der Waals surface area contributed by atoms with Gasteiger partial charge in [-0.05, 0) is 48.2 Å². The maximum absolute atomic E-state index is 14.0. The van der Waals surface area contributed by atoms with Gasteiger partial charge in [-0.1, -0.05) is 29.3 Å². The van der Waals surface area contributed by atoms with E-state index in [0.717, 1.165) is 0 Å². The van der Waals surface area contributed by atoms with Crippen molar-refractivity contribution >= 4 is 52.1 Å². The predicted molar refractivity (Wildman–Crippen MR) is 109 cm³/mol. The first-order valence-corrected chi connectivity index (χ1v) is 9.47. The standard InChI is InChI=1S/C19H15Cl2FN2O2S/c1-23-19-24(2)18(25)17(27-19)9-11-8-12(20)6-7-16(11)26-10-13-14(21)4-3-5-15(13)22/h3-9H,10H2,1-2H3. The van der Waals surface area contributed by atoms with Crippen LogP contribution in [0, 0.1) is 5.82 Å². The molecule has 0 N–H and O–H groups in total. The van der Waals surface area contributed by atoms with E-state index < -0.39 is 5.82 Å². The van der Waals surface area contributed by atoms with Gasteiger partial charge in [-0.15, -0.1) is 0 Å². The SMILES string of the molecule is CN=C1SC(=Cc2cc(Cl)ccc2OCc2c(F)cccc2Cl)C(=O)N1C. The highest BCUT2D eigenvalue weighted by Gasteiger charge is 2.30. The van der Waals surface area contributed by atoms with E-state index in [9.17, 15) is 9.18 Å². The number of thioether (sulfide) groups is 1. The van der Waals surface area contributed by atoms with Gasteiger partial charge in [-0.2, -0.15) is 0 Å². The summed E-state index contributed by atoms with van der Waals surface area (Å²) in [6.07, 6.45) is 1.69. The molecule has 27 heavy (non-hydrogen) atoms. The molecule has 2 aromatic rings. The largest absolute Gasteiger partial charge is 0.488 e. The molecule has 0 atom stereocenters. The summed E-state index contributed by atoms with van der Waals surface area (Å²) in [7, 11) is 3.29. The van der Waals surface area contributed by atoms with Gasteiger partial charge in [-0.25, -0.2) is 4.39 Å². The Morgan fingerprint density at radius 3 is 2.74 bits per heavy atom. The van der Waals surface area contributed by atoms with Crippen molar-refractivity contribution < 1.29 is 13.9 Å². The molecule has 0 aromatic heterocycles. The fourth-order valence-corrected chi connectivity index (χ4v) is 3.79. The lowest BCUT2D eigenvalue weighted by atomic mass is 10.1. The number of amidine groups is 1. The summed E-state index contributed by atoms with van der Waals surface area (Å²) in [5.74, 6) is -0.142. The number of halogens is 3. The van der Waals surface area contributed by atoms with Crippen LogP contribution in [0.1, 0.15) is 11.1 Å². The minimum absolute atomic E-state index is 0.0496. The van der Waals surface area contributed by atoms with Crippen molar-refractivity contribution in [2.75, 3.05) is 14.1 Å². The van der Waals surface area contributed by atoms with Crippen LogP contribution >= 0.6 is 35.0 Å². The first-order valence-electron chi connectivity index (χ1n) is 7.90. The lowest BCUT2D eigenvalue weighted by Crippen LogP contribution is -2.23. The van der Waals surface area contributed by atoms with Crippen molar-refractivity contribution in [3.8, 4) is 5.75 Å². The first-order chi connectivity index (χ1) is 12.9. The minimum atomic E-state index is -0.441. The molecule has 0 aliphatic carbocycles. The molecule has 1 aliphatic rings. The zero-order valence-corrected chi connectivity index (χ0v) is 16.8. The second kappa shape index (κ2) is 8.33. The Kier molecular flexibility index (Phi) is 6.09. The maximum Gasteiger partial charge on any atom is 0.266 e. The third kappa shape index (κ3) is 4.29. The summed E-state index contributed by atoms with van der Waals surface area (Å²) in [6.45, 7) is -0.0496. The number of carbonyl (C=O) groups is 1. The van der Waals surface area contributed by atoms with Gasteiger partial charge in [0.05, 0.1) is 9.93 Å². The molecule has 0 bridgehead atoms. The number of rotatable bonds is 4. The molecule has 0 spiro atoms. The van der Waals surface area contributed by atoms with Gasteiger partial charge in [-0.3, -0.25) is 14.7 Å². The predicted octanol–water partition coefficient (Wildman–Crippen LogP) is 5.24. The molecule has 1 saturated heterocycles. The number of aliphatic imine (C=N–C) groups is 1. The maximum atomic E-state index is 14.0. The molecule has 8 heteroatoms. The van der Waals surface area contributed by atoms with Gasteiger partial charge in [0.25, 0.3) is 5.91 Å². The van der Waals surface area contributed by atoms with E-state index in [-0.39, 0.29) is 23.1 Å². The zero-order valence-electron chi connectivity index (χ0n) is 14.5. The lowest BCUT2D eigenvalue weighted by molar-refractivity contribution is -0.121. The first kappa shape index (κ1) is 19.7. The van der Waals surface area contributed by atoms with Gasteiger partial charge in [0.15, 0.2) is 5.17 Å². The fourth-order valence-electron chi connectivity index (χ4n) is 2.47. The van der Waals surface area contributed by atoms with Crippen molar-refractivity contribution in [2.45, 2.75) is 6.61 Å². The van der Waals surface area contributed by atoms with E-state index in [0.29, 0.717) is 26.4 Å². The Balaban J connectivity index is 1.90. The molecular formula is C19H15Cl2FN2O2S. The molecule has 0 unspecified atom stereocenters. The molecule has 0 saturated carbocycles. The average Bonchev–Trinajstić information content (AvgIpc) is 2.90. The highest BCUT2D eigenvalue weighted by atomic mass is 35.5. The van der Waals surface area contributed by atoms with E-state index in [2.05, 4.69) is 4.99 Å². The Hall–Kier alpha value is -2.02. The Labute approximate surface area is 170 Å². The van der Waals surface area contributed by atoms with Crippen LogP contribution in [0.2, 0.25) is 10.0 Å². The minimum Gasteiger partial charge on any atom is -0.488 e. The quantitative estimate of drug-likeness (QED) is 0.629. The van der Waals surface area contributed by atoms with E-state index in [1.807, 2.05) is 0 Å². The van der Waals surface area contributed by atoms with Crippen LogP contribution in [-0.4, -0.2) is 30.1 Å². The van der Waals surface area contributed by atoms with Crippen molar-refractivity contribution in [1.29, 1.82) is 0 Å². The normalized spacial score (nSPS) is 17.2. The van der Waals surface area contributed by atoms with Crippen LogP contribution in [-0.2, 0) is 11.4 Å². The zero-order chi connectivity index (χ0) is 19.6. The average molecular weight is 425 g/mol. The van der Waals surface area contributed by atoms with Crippen molar-refractivity contribution in [1.82, 2.24) is 4.90 Å². The van der Waals surface area contributed by atoms with Crippen LogP contribution in [0.25, 0.3) is 6.08 Å². The number of carbonyl (C=O) groups excluding carboxylic acids is 1. The molecule has 1 heterocycles. The van der Waals surface area contributed by atoms with Crippen LogP contribution < -0.4 is 4.74 Å². The van der Waals surface area contributed by atoms with E-state index >= 15 is 0 Å². The van der Waals surface area contributed by atoms with Gasteiger partial charge in [0.1, 0.15) is 18.2 Å². The number of hydrogen-bond donors (Lipinski definition) is 0. The van der Waals surface area contributed by atoms with Gasteiger partial charge in [0, 0.05) is 30.2 Å². The van der Waals surface area contributed by atoms with E-state index in [4.69, 9.17) is 27.9 Å². The summed E-state index contributed by atoms with van der Waals surface area (Å²) in [5.41, 5.74) is 0.871. The number of hydrogen-bond acceptors (Lipinski definition) is 4. The van der Waals surface area contributed by atoms with Gasteiger partial charge < -0.3 is 4.74 Å². The summed E-state index contributed by atoms with van der Waals surface area (Å²) in [6, 6.07) is 9.48. The number of amides is 1.